The first-order valence-corrected chi connectivity index (χ1v) is 8.54. The zero-order valence-electron chi connectivity index (χ0n) is 13.7. The maximum Gasteiger partial charge on any atom is 0.253 e. The first-order chi connectivity index (χ1) is 10.6. The Morgan fingerprint density at radius 3 is 2.50 bits per heavy atom. The predicted octanol–water partition coefficient (Wildman–Crippen LogP) is 4.63. The summed E-state index contributed by atoms with van der Waals surface area (Å²) in [6, 6.07) is 4.58. The molecule has 1 fully saturated rings. The number of H-pyrrole nitrogens is 1. The van der Waals surface area contributed by atoms with Gasteiger partial charge < -0.3 is 10.3 Å². The fourth-order valence-corrected chi connectivity index (χ4v) is 3.70. The Kier molecular flexibility index (Phi) is 4.51. The molecule has 0 bridgehead atoms. The van der Waals surface area contributed by atoms with Crippen molar-refractivity contribution < 1.29 is 4.79 Å². The fourth-order valence-electron chi connectivity index (χ4n) is 3.70. The highest BCUT2D eigenvalue weighted by Crippen LogP contribution is 2.24. The Labute approximate surface area is 132 Å². The smallest absolute Gasteiger partial charge is 0.253 e. The summed E-state index contributed by atoms with van der Waals surface area (Å²) in [5, 5.41) is 4.33. The molecule has 0 aliphatic heterocycles. The van der Waals surface area contributed by atoms with E-state index >= 15 is 0 Å². The average molecular weight is 298 g/mol. The molecule has 0 atom stereocenters. The number of aromatic nitrogens is 1. The number of carbonyl (C=O) groups excluding carboxylic acids is 1. The summed E-state index contributed by atoms with van der Waals surface area (Å²) in [6.07, 6.45) is 10.5. The van der Waals surface area contributed by atoms with Gasteiger partial charge in [0.15, 0.2) is 0 Å². The number of aromatic amines is 1. The van der Waals surface area contributed by atoms with E-state index in [9.17, 15) is 4.79 Å². The molecule has 1 aromatic heterocycles. The van der Waals surface area contributed by atoms with Gasteiger partial charge in [0.2, 0.25) is 0 Å². The lowest BCUT2D eigenvalue weighted by atomic mass is 9.96. The third-order valence-electron chi connectivity index (χ3n) is 4.81. The molecule has 3 rings (SSSR count). The van der Waals surface area contributed by atoms with Crippen molar-refractivity contribution in [1.29, 1.82) is 0 Å². The largest absolute Gasteiger partial charge is 0.360 e. The molecule has 1 aliphatic carbocycles. The van der Waals surface area contributed by atoms with Gasteiger partial charge in [0.25, 0.3) is 5.91 Å². The lowest BCUT2D eigenvalue weighted by Crippen LogP contribution is -2.35. The van der Waals surface area contributed by atoms with Gasteiger partial charge >= 0.3 is 0 Å². The number of aryl methyl sites for hydroxylation is 2. The van der Waals surface area contributed by atoms with Gasteiger partial charge in [-0.1, -0.05) is 38.2 Å². The molecule has 0 unspecified atom stereocenters. The number of benzene rings is 1. The van der Waals surface area contributed by atoms with Crippen LogP contribution in [0.4, 0.5) is 0 Å². The van der Waals surface area contributed by atoms with Crippen molar-refractivity contribution in [2.24, 2.45) is 0 Å². The standard InChI is InChI=1S/C19H26N2O/c1-13-10-14(2)18-16(12-20-17(18)11-13)19(22)21-15-8-6-4-3-5-7-9-15/h10-12,15,20H,3-9H2,1-2H3,(H,21,22). The van der Waals surface area contributed by atoms with E-state index in [1.165, 1.54) is 43.2 Å². The van der Waals surface area contributed by atoms with Crippen LogP contribution in [0.15, 0.2) is 18.3 Å². The van der Waals surface area contributed by atoms with E-state index in [1.807, 2.05) is 6.20 Å². The van der Waals surface area contributed by atoms with Crippen molar-refractivity contribution in [3.8, 4) is 0 Å². The van der Waals surface area contributed by atoms with Crippen molar-refractivity contribution >= 4 is 16.8 Å². The summed E-state index contributed by atoms with van der Waals surface area (Å²) in [5.74, 6) is 0.0729. The van der Waals surface area contributed by atoms with Crippen molar-refractivity contribution in [3.05, 3.63) is 35.0 Å². The van der Waals surface area contributed by atoms with Crippen molar-refractivity contribution in [3.63, 3.8) is 0 Å². The maximum absolute atomic E-state index is 12.7. The Morgan fingerprint density at radius 2 is 1.77 bits per heavy atom. The molecule has 1 amide bonds. The molecule has 0 spiro atoms. The minimum absolute atomic E-state index is 0.0729. The molecule has 0 radical (unpaired) electrons. The molecular formula is C19H26N2O. The normalized spacial score (nSPS) is 17.2. The zero-order chi connectivity index (χ0) is 15.5. The first kappa shape index (κ1) is 15.1. The van der Waals surface area contributed by atoms with E-state index in [1.54, 1.807) is 0 Å². The predicted molar refractivity (Wildman–Crippen MR) is 91.3 cm³/mol. The summed E-state index contributed by atoms with van der Waals surface area (Å²) in [4.78, 5) is 15.9. The Balaban J connectivity index is 1.80. The molecular weight excluding hydrogens is 272 g/mol. The average Bonchev–Trinajstić information content (AvgIpc) is 2.85. The lowest BCUT2D eigenvalue weighted by Gasteiger charge is -2.21. The fraction of sp³-hybridized carbons (Fsp3) is 0.526. The molecule has 1 saturated carbocycles. The van der Waals surface area contributed by atoms with E-state index < -0.39 is 0 Å². The van der Waals surface area contributed by atoms with Gasteiger partial charge in [-0.15, -0.1) is 0 Å². The lowest BCUT2D eigenvalue weighted by molar-refractivity contribution is 0.0932. The summed E-state index contributed by atoms with van der Waals surface area (Å²) in [7, 11) is 0. The summed E-state index contributed by atoms with van der Waals surface area (Å²) < 4.78 is 0. The second-order valence-corrected chi connectivity index (χ2v) is 6.72. The first-order valence-electron chi connectivity index (χ1n) is 8.54. The van der Waals surface area contributed by atoms with Crippen LogP contribution in [0.1, 0.15) is 66.4 Å². The van der Waals surface area contributed by atoms with Gasteiger partial charge in [0.1, 0.15) is 0 Å². The highest BCUT2D eigenvalue weighted by Gasteiger charge is 2.18. The topological polar surface area (TPSA) is 44.9 Å². The van der Waals surface area contributed by atoms with Crippen LogP contribution < -0.4 is 5.32 Å². The van der Waals surface area contributed by atoms with Crippen LogP contribution in [0.5, 0.6) is 0 Å². The number of rotatable bonds is 2. The number of hydrogen-bond donors (Lipinski definition) is 2. The van der Waals surface area contributed by atoms with E-state index in [0.717, 1.165) is 29.3 Å². The number of carbonyl (C=O) groups is 1. The quantitative estimate of drug-likeness (QED) is 0.834. The van der Waals surface area contributed by atoms with Crippen LogP contribution in [0.25, 0.3) is 10.9 Å². The molecule has 0 saturated heterocycles. The number of fused-ring (bicyclic) bond motifs is 1. The minimum Gasteiger partial charge on any atom is -0.360 e. The molecule has 1 aliphatic rings. The highest BCUT2D eigenvalue weighted by molar-refractivity contribution is 6.08. The number of amides is 1. The Bertz CT molecular complexity index is 663. The van der Waals surface area contributed by atoms with Crippen LogP contribution in [0.3, 0.4) is 0 Å². The second kappa shape index (κ2) is 6.55. The third kappa shape index (κ3) is 3.18. The molecule has 22 heavy (non-hydrogen) atoms. The minimum atomic E-state index is 0.0729. The van der Waals surface area contributed by atoms with Gasteiger partial charge in [0, 0.05) is 23.1 Å². The van der Waals surface area contributed by atoms with Gasteiger partial charge in [-0.3, -0.25) is 4.79 Å². The zero-order valence-corrected chi connectivity index (χ0v) is 13.7. The van der Waals surface area contributed by atoms with Crippen LogP contribution in [-0.4, -0.2) is 16.9 Å². The van der Waals surface area contributed by atoms with E-state index in [4.69, 9.17) is 0 Å². The maximum atomic E-state index is 12.7. The third-order valence-corrected chi connectivity index (χ3v) is 4.81. The molecule has 1 heterocycles. The van der Waals surface area contributed by atoms with Crippen molar-refractivity contribution in [2.45, 2.75) is 64.8 Å². The van der Waals surface area contributed by atoms with E-state index in [2.05, 4.69) is 36.3 Å². The Hall–Kier alpha value is -1.77. The molecule has 118 valence electrons. The number of nitrogens with one attached hydrogen (secondary N) is 2. The second-order valence-electron chi connectivity index (χ2n) is 6.72. The van der Waals surface area contributed by atoms with Crippen LogP contribution >= 0.6 is 0 Å². The van der Waals surface area contributed by atoms with Crippen LogP contribution in [0, 0.1) is 13.8 Å². The molecule has 3 nitrogen and oxygen atoms in total. The molecule has 1 aromatic carbocycles. The highest BCUT2D eigenvalue weighted by atomic mass is 16.1. The van der Waals surface area contributed by atoms with E-state index in [0.29, 0.717) is 6.04 Å². The van der Waals surface area contributed by atoms with Crippen LogP contribution in [0.2, 0.25) is 0 Å². The molecule has 2 aromatic rings. The van der Waals surface area contributed by atoms with Gasteiger partial charge in [-0.2, -0.15) is 0 Å². The SMILES string of the molecule is Cc1cc(C)c2c(C(=O)NC3CCCCCCC3)c[nH]c2c1. The van der Waals surface area contributed by atoms with Gasteiger partial charge in [-0.25, -0.2) is 0 Å². The van der Waals surface area contributed by atoms with E-state index in [-0.39, 0.29) is 5.91 Å². The summed E-state index contributed by atoms with van der Waals surface area (Å²) >= 11 is 0. The summed E-state index contributed by atoms with van der Waals surface area (Å²) in [5.41, 5.74) is 4.23. The van der Waals surface area contributed by atoms with Crippen molar-refractivity contribution in [2.75, 3.05) is 0 Å². The summed E-state index contributed by atoms with van der Waals surface area (Å²) in [6.45, 7) is 4.16. The molecule has 3 heteroatoms. The van der Waals surface area contributed by atoms with Crippen molar-refractivity contribution in [1.82, 2.24) is 10.3 Å². The Morgan fingerprint density at radius 1 is 1.09 bits per heavy atom. The monoisotopic (exact) mass is 298 g/mol. The molecule has 2 N–H and O–H groups in total. The van der Waals surface area contributed by atoms with Gasteiger partial charge in [-0.05, 0) is 43.9 Å². The van der Waals surface area contributed by atoms with Crippen LogP contribution in [-0.2, 0) is 0 Å². The van der Waals surface area contributed by atoms with Gasteiger partial charge in [0.05, 0.1) is 5.56 Å². The number of hydrogen-bond acceptors (Lipinski definition) is 1.